The number of benzene rings is 1. The van der Waals surface area contributed by atoms with Gasteiger partial charge in [0.25, 0.3) is 5.69 Å². The first-order chi connectivity index (χ1) is 8.63. The van der Waals surface area contributed by atoms with Crippen LogP contribution in [0.2, 0.25) is 0 Å². The Labute approximate surface area is 104 Å². The van der Waals surface area contributed by atoms with Crippen LogP contribution >= 0.6 is 0 Å². The number of non-ortho nitro benzene ring substituents is 1. The zero-order chi connectivity index (χ0) is 13.4. The number of nitrogens with two attached hydrogens (primary N) is 1. The molecule has 7 nitrogen and oxygen atoms in total. The van der Waals surface area contributed by atoms with Crippen LogP contribution in [0.25, 0.3) is 0 Å². The third kappa shape index (κ3) is 4.69. The van der Waals surface area contributed by atoms with Gasteiger partial charge in [0.05, 0.1) is 17.6 Å². The van der Waals surface area contributed by atoms with Crippen molar-refractivity contribution in [3.05, 3.63) is 34.4 Å². The molecule has 0 aliphatic rings. The largest absolute Gasteiger partial charge is 0.493 e. The van der Waals surface area contributed by atoms with Gasteiger partial charge in [-0.3, -0.25) is 10.1 Å². The molecule has 7 heteroatoms. The second-order valence-corrected chi connectivity index (χ2v) is 3.65. The number of hydrogen-bond acceptors (Lipinski definition) is 5. The normalized spacial score (nSPS) is 11.2. The van der Waals surface area contributed by atoms with Gasteiger partial charge in [-0.2, -0.15) is 0 Å². The number of oxime groups is 1. The minimum absolute atomic E-state index is 0.00385. The molecule has 0 heterocycles. The van der Waals surface area contributed by atoms with Crippen LogP contribution in [0.15, 0.2) is 29.4 Å². The molecule has 0 aliphatic heterocycles. The number of amidine groups is 1. The van der Waals surface area contributed by atoms with Crippen LogP contribution in [0.4, 0.5) is 5.69 Å². The van der Waals surface area contributed by atoms with E-state index < -0.39 is 4.92 Å². The maximum atomic E-state index is 10.5. The highest BCUT2D eigenvalue weighted by Gasteiger charge is 2.05. The summed E-state index contributed by atoms with van der Waals surface area (Å²) in [6.45, 7) is 0.430. The van der Waals surface area contributed by atoms with E-state index in [0.717, 1.165) is 12.8 Å². The van der Waals surface area contributed by atoms with Gasteiger partial charge >= 0.3 is 0 Å². The van der Waals surface area contributed by atoms with Crippen molar-refractivity contribution in [2.24, 2.45) is 10.9 Å². The number of nitrogens with zero attached hydrogens (tertiary/aromatic N) is 2. The number of nitro groups is 1. The Bertz CT molecular complexity index is 434. The summed E-state index contributed by atoms with van der Waals surface area (Å²) in [6.07, 6.45) is 1.94. The van der Waals surface area contributed by atoms with Gasteiger partial charge in [0, 0.05) is 12.5 Å². The number of nitro benzene ring substituents is 1. The van der Waals surface area contributed by atoms with Crippen molar-refractivity contribution < 1.29 is 14.9 Å². The summed E-state index contributed by atoms with van der Waals surface area (Å²) in [7, 11) is 0. The van der Waals surface area contributed by atoms with E-state index in [2.05, 4.69) is 5.16 Å². The summed E-state index contributed by atoms with van der Waals surface area (Å²) in [6, 6.07) is 6.02. The fourth-order valence-corrected chi connectivity index (χ4v) is 1.34. The first-order valence-electron chi connectivity index (χ1n) is 5.47. The van der Waals surface area contributed by atoms with Gasteiger partial charge in [-0.1, -0.05) is 11.2 Å². The molecule has 0 aliphatic carbocycles. The third-order valence-corrected chi connectivity index (χ3v) is 2.25. The lowest BCUT2D eigenvalue weighted by molar-refractivity contribution is -0.384. The van der Waals surface area contributed by atoms with Crippen molar-refractivity contribution in [3.8, 4) is 5.75 Å². The standard InChI is InChI=1S/C11H15N3O4/c12-11(13-15)6-1-2-7-18-10-5-3-4-9(8-10)14(16)17/h3-5,8,15H,1-2,6-7H2,(H2,12,13). The number of unbranched alkanes of at least 4 members (excludes halogenated alkanes) is 1. The molecule has 1 rings (SSSR count). The molecule has 98 valence electrons. The molecule has 0 aromatic heterocycles. The van der Waals surface area contributed by atoms with Crippen molar-refractivity contribution in [3.63, 3.8) is 0 Å². The van der Waals surface area contributed by atoms with E-state index in [9.17, 15) is 10.1 Å². The fourth-order valence-electron chi connectivity index (χ4n) is 1.34. The lowest BCUT2D eigenvalue weighted by Crippen LogP contribution is -2.11. The van der Waals surface area contributed by atoms with Crippen LogP contribution in [0.1, 0.15) is 19.3 Å². The molecule has 0 fully saturated rings. The first-order valence-corrected chi connectivity index (χ1v) is 5.47. The smallest absolute Gasteiger partial charge is 0.273 e. The summed E-state index contributed by atoms with van der Waals surface area (Å²) in [5, 5.41) is 21.7. The number of hydrogen-bond donors (Lipinski definition) is 2. The predicted octanol–water partition coefficient (Wildman–Crippen LogP) is 1.89. The van der Waals surface area contributed by atoms with Gasteiger partial charge in [0.15, 0.2) is 0 Å². The molecule has 1 aromatic carbocycles. The van der Waals surface area contributed by atoms with Crippen molar-refractivity contribution in [2.45, 2.75) is 19.3 Å². The quantitative estimate of drug-likeness (QED) is 0.192. The number of ether oxygens (including phenoxy) is 1. The molecule has 18 heavy (non-hydrogen) atoms. The summed E-state index contributed by atoms with van der Waals surface area (Å²) in [4.78, 5) is 10.1. The monoisotopic (exact) mass is 253 g/mol. The molecular weight excluding hydrogens is 238 g/mol. The van der Waals surface area contributed by atoms with Crippen molar-refractivity contribution in [1.82, 2.24) is 0 Å². The van der Waals surface area contributed by atoms with E-state index >= 15 is 0 Å². The zero-order valence-electron chi connectivity index (χ0n) is 9.78. The van der Waals surface area contributed by atoms with E-state index in [0.29, 0.717) is 18.8 Å². The maximum Gasteiger partial charge on any atom is 0.273 e. The molecular formula is C11H15N3O4. The van der Waals surface area contributed by atoms with Gasteiger partial charge in [0.1, 0.15) is 11.6 Å². The molecule has 0 bridgehead atoms. The Morgan fingerprint density at radius 1 is 1.50 bits per heavy atom. The van der Waals surface area contributed by atoms with E-state index in [-0.39, 0.29) is 11.5 Å². The van der Waals surface area contributed by atoms with Crippen molar-refractivity contribution in [1.29, 1.82) is 0 Å². The van der Waals surface area contributed by atoms with Crippen LogP contribution in [-0.2, 0) is 0 Å². The molecule has 0 radical (unpaired) electrons. The predicted molar refractivity (Wildman–Crippen MR) is 65.9 cm³/mol. The van der Waals surface area contributed by atoms with Gasteiger partial charge in [0.2, 0.25) is 0 Å². The second-order valence-electron chi connectivity index (χ2n) is 3.65. The Morgan fingerprint density at radius 2 is 2.28 bits per heavy atom. The minimum atomic E-state index is -0.467. The Morgan fingerprint density at radius 3 is 2.94 bits per heavy atom. The SMILES string of the molecule is N/C(CCCCOc1cccc([N+](=O)[O-])c1)=N/O. The van der Waals surface area contributed by atoms with Crippen LogP contribution in [0.3, 0.4) is 0 Å². The van der Waals surface area contributed by atoms with Crippen molar-refractivity contribution in [2.75, 3.05) is 6.61 Å². The Balaban J connectivity index is 2.31. The zero-order valence-corrected chi connectivity index (χ0v) is 9.78. The number of rotatable bonds is 7. The molecule has 0 amide bonds. The fraction of sp³-hybridized carbons (Fsp3) is 0.364. The average molecular weight is 253 g/mol. The highest BCUT2D eigenvalue weighted by molar-refractivity contribution is 5.79. The summed E-state index contributed by atoms with van der Waals surface area (Å²) in [5.41, 5.74) is 5.31. The molecule has 1 aromatic rings. The topological polar surface area (TPSA) is 111 Å². The maximum absolute atomic E-state index is 10.5. The summed E-state index contributed by atoms with van der Waals surface area (Å²) in [5.74, 6) is 0.651. The van der Waals surface area contributed by atoms with E-state index in [4.69, 9.17) is 15.7 Å². The Hall–Kier alpha value is -2.31. The Kier molecular flexibility index (Phi) is 5.43. The molecule has 0 spiro atoms. The van der Waals surface area contributed by atoms with Gasteiger partial charge in [-0.05, 0) is 18.9 Å². The van der Waals surface area contributed by atoms with E-state index in [1.807, 2.05) is 0 Å². The lowest BCUT2D eigenvalue weighted by atomic mass is 10.2. The molecule has 0 atom stereocenters. The molecule has 0 saturated heterocycles. The van der Waals surface area contributed by atoms with Crippen LogP contribution in [-0.4, -0.2) is 22.6 Å². The van der Waals surface area contributed by atoms with Gasteiger partial charge in [-0.15, -0.1) is 0 Å². The minimum Gasteiger partial charge on any atom is -0.493 e. The molecule has 0 saturated carbocycles. The van der Waals surface area contributed by atoms with Crippen LogP contribution in [0, 0.1) is 10.1 Å². The molecule has 3 N–H and O–H groups in total. The highest BCUT2D eigenvalue weighted by Crippen LogP contribution is 2.19. The summed E-state index contributed by atoms with van der Waals surface area (Å²) < 4.78 is 5.36. The average Bonchev–Trinajstić information content (AvgIpc) is 2.38. The third-order valence-electron chi connectivity index (χ3n) is 2.25. The van der Waals surface area contributed by atoms with Gasteiger partial charge < -0.3 is 15.7 Å². The van der Waals surface area contributed by atoms with Crippen LogP contribution < -0.4 is 10.5 Å². The first kappa shape index (κ1) is 13.8. The van der Waals surface area contributed by atoms with Crippen molar-refractivity contribution >= 4 is 11.5 Å². The lowest BCUT2D eigenvalue weighted by Gasteiger charge is -2.05. The van der Waals surface area contributed by atoms with Crippen LogP contribution in [0.5, 0.6) is 5.75 Å². The van der Waals surface area contributed by atoms with Gasteiger partial charge in [-0.25, -0.2) is 0 Å². The van der Waals surface area contributed by atoms with E-state index in [1.165, 1.54) is 12.1 Å². The molecule has 0 unspecified atom stereocenters. The summed E-state index contributed by atoms with van der Waals surface area (Å²) >= 11 is 0. The van der Waals surface area contributed by atoms with E-state index in [1.54, 1.807) is 12.1 Å². The highest BCUT2D eigenvalue weighted by atomic mass is 16.6. The second kappa shape index (κ2) is 7.10.